The molecular weight excluding hydrogens is 382 g/mol. The van der Waals surface area contributed by atoms with Crippen LogP contribution < -0.4 is 14.8 Å². The van der Waals surface area contributed by atoms with Crippen molar-refractivity contribution < 1.29 is 19.0 Å². The van der Waals surface area contributed by atoms with E-state index in [1.807, 2.05) is 18.2 Å². The molecule has 0 radical (unpaired) electrons. The lowest BCUT2D eigenvalue weighted by Gasteiger charge is -2.41. The molecule has 0 aromatic heterocycles. The number of carbonyl (C=O) groups excluding carboxylic acids is 1. The molecule has 0 spiro atoms. The van der Waals surface area contributed by atoms with Gasteiger partial charge in [0.25, 0.3) is 0 Å². The Kier molecular flexibility index (Phi) is 7.00. The van der Waals surface area contributed by atoms with Crippen LogP contribution in [0.2, 0.25) is 0 Å². The first-order valence-corrected chi connectivity index (χ1v) is 11.3. The van der Waals surface area contributed by atoms with Crippen LogP contribution in [-0.4, -0.2) is 68.1 Å². The quantitative estimate of drug-likeness (QED) is 0.771. The van der Waals surface area contributed by atoms with Gasteiger partial charge in [0, 0.05) is 38.8 Å². The van der Waals surface area contributed by atoms with Gasteiger partial charge in [0.1, 0.15) is 0 Å². The van der Waals surface area contributed by atoms with Crippen LogP contribution in [0.25, 0.3) is 0 Å². The zero-order valence-corrected chi connectivity index (χ0v) is 18.3. The molecule has 30 heavy (non-hydrogen) atoms. The molecule has 2 heterocycles. The van der Waals surface area contributed by atoms with E-state index in [2.05, 4.69) is 29.0 Å². The van der Waals surface area contributed by atoms with Gasteiger partial charge in [0.05, 0.1) is 13.2 Å². The molecule has 3 aliphatic rings. The summed E-state index contributed by atoms with van der Waals surface area (Å²) < 4.78 is 16.4. The van der Waals surface area contributed by atoms with Crippen molar-refractivity contribution in [2.45, 2.75) is 45.7 Å². The summed E-state index contributed by atoms with van der Waals surface area (Å²) in [4.78, 5) is 17.7. The summed E-state index contributed by atoms with van der Waals surface area (Å²) in [5.74, 6) is 2.66. The number of ether oxygens (including phenoxy) is 3. The average molecular weight is 418 g/mol. The minimum Gasteiger partial charge on any atom is -0.454 e. The Morgan fingerprint density at radius 1 is 1.17 bits per heavy atom. The van der Waals surface area contributed by atoms with Crippen LogP contribution in [0.5, 0.6) is 11.5 Å². The van der Waals surface area contributed by atoms with E-state index in [0.29, 0.717) is 24.9 Å². The Labute approximate surface area is 179 Å². The van der Waals surface area contributed by atoms with Crippen molar-refractivity contribution in [1.82, 2.24) is 15.1 Å². The summed E-state index contributed by atoms with van der Waals surface area (Å²) in [6.45, 7) is 10.4. The van der Waals surface area contributed by atoms with Crippen LogP contribution in [0.4, 0.5) is 4.79 Å². The predicted molar refractivity (Wildman–Crippen MR) is 115 cm³/mol. The topological polar surface area (TPSA) is 63.3 Å². The molecule has 1 N–H and O–H groups in total. The maximum absolute atomic E-state index is 13.3. The van der Waals surface area contributed by atoms with E-state index in [-0.39, 0.29) is 18.9 Å². The second-order valence-electron chi connectivity index (χ2n) is 8.84. The molecule has 2 amide bonds. The van der Waals surface area contributed by atoms with E-state index in [0.717, 1.165) is 56.3 Å². The number of rotatable bonds is 6. The van der Waals surface area contributed by atoms with Crippen LogP contribution in [0.1, 0.15) is 38.7 Å². The number of morpholine rings is 1. The number of hydrogen-bond donors (Lipinski definition) is 1. The number of fused-ring (bicyclic) bond motifs is 1. The van der Waals surface area contributed by atoms with Gasteiger partial charge in [0.2, 0.25) is 6.79 Å². The van der Waals surface area contributed by atoms with Gasteiger partial charge in [0.15, 0.2) is 11.5 Å². The van der Waals surface area contributed by atoms with E-state index in [9.17, 15) is 4.79 Å². The van der Waals surface area contributed by atoms with Crippen LogP contribution in [-0.2, 0) is 11.3 Å². The molecule has 0 bridgehead atoms. The van der Waals surface area contributed by atoms with Gasteiger partial charge in [-0.15, -0.1) is 0 Å². The Morgan fingerprint density at radius 2 is 1.97 bits per heavy atom. The van der Waals surface area contributed by atoms with Crippen molar-refractivity contribution in [1.29, 1.82) is 0 Å². The van der Waals surface area contributed by atoms with Gasteiger partial charge in [-0.1, -0.05) is 32.8 Å². The number of amides is 2. The maximum Gasteiger partial charge on any atom is 0.318 e. The number of nitrogens with one attached hydrogen (secondary N) is 1. The molecule has 166 valence electrons. The smallest absolute Gasteiger partial charge is 0.318 e. The van der Waals surface area contributed by atoms with E-state index >= 15 is 0 Å². The van der Waals surface area contributed by atoms with Crippen LogP contribution in [0.3, 0.4) is 0 Å². The summed E-state index contributed by atoms with van der Waals surface area (Å²) in [6, 6.07) is 6.28. The molecule has 3 atom stereocenters. The van der Waals surface area contributed by atoms with Crippen molar-refractivity contribution in [2.24, 2.45) is 11.8 Å². The first kappa shape index (κ1) is 21.2. The van der Waals surface area contributed by atoms with Gasteiger partial charge in [-0.25, -0.2) is 4.79 Å². The Balaban J connectivity index is 1.43. The Hall–Kier alpha value is -1.99. The predicted octanol–water partition coefficient (Wildman–Crippen LogP) is 3.08. The highest BCUT2D eigenvalue weighted by molar-refractivity contribution is 5.74. The molecule has 1 aliphatic carbocycles. The number of hydrogen-bond acceptors (Lipinski definition) is 5. The maximum atomic E-state index is 13.3. The third-order valence-corrected chi connectivity index (χ3v) is 6.92. The van der Waals surface area contributed by atoms with Crippen molar-refractivity contribution >= 4 is 6.03 Å². The lowest BCUT2D eigenvalue weighted by atomic mass is 9.77. The van der Waals surface area contributed by atoms with Crippen LogP contribution in [0.15, 0.2) is 18.2 Å². The van der Waals surface area contributed by atoms with Crippen molar-refractivity contribution in [3.8, 4) is 11.5 Å². The Bertz CT molecular complexity index is 722. The van der Waals surface area contributed by atoms with Gasteiger partial charge >= 0.3 is 6.03 Å². The SMILES string of the molecule is C[C@@H]1[C@H](C)CCC[C@@H]1N(Cc1ccc2c(c1)OCO2)C(=O)NCCN1CCOCC1. The molecule has 1 saturated carbocycles. The van der Waals surface area contributed by atoms with Gasteiger partial charge in [-0.05, 0) is 36.0 Å². The lowest BCUT2D eigenvalue weighted by Crippen LogP contribution is -2.52. The van der Waals surface area contributed by atoms with Gasteiger partial charge in [-0.3, -0.25) is 4.90 Å². The minimum absolute atomic E-state index is 0.0341. The fraction of sp³-hybridized carbons (Fsp3) is 0.696. The van der Waals surface area contributed by atoms with Gasteiger partial charge < -0.3 is 24.4 Å². The third kappa shape index (κ3) is 5.01. The number of carbonyl (C=O) groups is 1. The zero-order chi connectivity index (χ0) is 20.9. The summed E-state index contributed by atoms with van der Waals surface area (Å²) in [5.41, 5.74) is 1.08. The highest BCUT2D eigenvalue weighted by Crippen LogP contribution is 2.36. The molecule has 1 aromatic carbocycles. The standard InChI is InChI=1S/C23H35N3O4/c1-17-4-3-5-20(18(17)2)26(15-19-6-7-21-22(14-19)30-16-29-21)23(27)24-8-9-25-10-12-28-13-11-25/h6-7,14,17-18,20H,3-5,8-13,15-16H2,1-2H3,(H,24,27)/t17-,18-,20+/m1/s1. The summed E-state index contributed by atoms with van der Waals surface area (Å²) in [6.07, 6.45) is 3.48. The number of urea groups is 1. The highest BCUT2D eigenvalue weighted by atomic mass is 16.7. The molecule has 2 fully saturated rings. The van der Waals surface area contributed by atoms with E-state index in [1.165, 1.54) is 12.8 Å². The summed E-state index contributed by atoms with van der Waals surface area (Å²) in [5, 5.41) is 3.18. The van der Waals surface area contributed by atoms with E-state index < -0.39 is 0 Å². The molecule has 1 saturated heterocycles. The fourth-order valence-corrected chi connectivity index (χ4v) is 4.82. The Morgan fingerprint density at radius 3 is 2.80 bits per heavy atom. The molecule has 4 rings (SSSR count). The largest absolute Gasteiger partial charge is 0.454 e. The van der Waals surface area contributed by atoms with E-state index in [1.54, 1.807) is 0 Å². The monoisotopic (exact) mass is 417 g/mol. The molecule has 2 aliphatic heterocycles. The van der Waals surface area contributed by atoms with Crippen LogP contribution >= 0.6 is 0 Å². The summed E-state index contributed by atoms with van der Waals surface area (Å²) >= 11 is 0. The average Bonchev–Trinajstić information content (AvgIpc) is 3.23. The molecule has 1 aromatic rings. The number of nitrogens with zero attached hydrogens (tertiary/aromatic N) is 2. The van der Waals surface area contributed by atoms with Crippen molar-refractivity contribution in [3.63, 3.8) is 0 Å². The van der Waals surface area contributed by atoms with Crippen molar-refractivity contribution in [2.75, 3.05) is 46.2 Å². The lowest BCUT2D eigenvalue weighted by molar-refractivity contribution is 0.0382. The highest BCUT2D eigenvalue weighted by Gasteiger charge is 2.34. The zero-order valence-electron chi connectivity index (χ0n) is 18.3. The number of benzene rings is 1. The molecule has 0 unspecified atom stereocenters. The summed E-state index contributed by atoms with van der Waals surface area (Å²) in [7, 11) is 0. The second-order valence-corrected chi connectivity index (χ2v) is 8.84. The first-order chi connectivity index (χ1) is 14.6. The van der Waals surface area contributed by atoms with Gasteiger partial charge in [-0.2, -0.15) is 0 Å². The van der Waals surface area contributed by atoms with E-state index in [4.69, 9.17) is 14.2 Å². The molecular formula is C23H35N3O4. The van der Waals surface area contributed by atoms with Crippen LogP contribution in [0, 0.1) is 11.8 Å². The fourth-order valence-electron chi connectivity index (χ4n) is 4.82. The molecule has 7 nitrogen and oxygen atoms in total. The third-order valence-electron chi connectivity index (χ3n) is 6.92. The second kappa shape index (κ2) is 9.88. The normalized spacial score (nSPS) is 26.4. The first-order valence-electron chi connectivity index (χ1n) is 11.3. The van der Waals surface area contributed by atoms with Crippen molar-refractivity contribution in [3.05, 3.63) is 23.8 Å². The minimum atomic E-state index is 0.0341. The molecule has 7 heteroatoms.